The average molecular weight is 266 g/mol. The van der Waals surface area contributed by atoms with Crippen molar-refractivity contribution in [2.24, 2.45) is 11.3 Å². The van der Waals surface area contributed by atoms with Gasteiger partial charge >= 0.3 is 0 Å². The Hall–Kier alpha value is -0.570. The second-order valence-electron chi connectivity index (χ2n) is 6.97. The van der Waals surface area contributed by atoms with E-state index in [4.69, 9.17) is 0 Å². The highest BCUT2D eigenvalue weighted by molar-refractivity contribution is 5.84. The van der Waals surface area contributed by atoms with Crippen molar-refractivity contribution in [3.05, 3.63) is 0 Å². The van der Waals surface area contributed by atoms with Gasteiger partial charge in [0, 0.05) is 6.54 Å². The van der Waals surface area contributed by atoms with Crippen LogP contribution in [-0.4, -0.2) is 29.6 Å². The van der Waals surface area contributed by atoms with E-state index in [9.17, 15) is 4.79 Å². The highest BCUT2D eigenvalue weighted by Gasteiger charge is 2.47. The number of amides is 1. The maximum atomic E-state index is 12.6. The Morgan fingerprint density at radius 1 is 1.37 bits per heavy atom. The Balaban J connectivity index is 2.02. The van der Waals surface area contributed by atoms with Crippen LogP contribution in [0.25, 0.3) is 0 Å². The smallest absolute Gasteiger partial charge is 0.241 e. The van der Waals surface area contributed by atoms with Crippen LogP contribution in [0.15, 0.2) is 0 Å². The van der Waals surface area contributed by atoms with Gasteiger partial charge in [0.05, 0.1) is 12.2 Å². The lowest BCUT2D eigenvalue weighted by Gasteiger charge is -2.28. The van der Waals surface area contributed by atoms with Crippen LogP contribution in [0.5, 0.6) is 0 Å². The van der Waals surface area contributed by atoms with Crippen molar-refractivity contribution < 1.29 is 4.79 Å². The molecule has 2 aliphatic rings. The molecule has 110 valence electrons. The van der Waals surface area contributed by atoms with E-state index in [1.165, 1.54) is 19.3 Å². The topological polar surface area (TPSA) is 32.3 Å². The van der Waals surface area contributed by atoms with Crippen molar-refractivity contribution in [1.29, 1.82) is 0 Å². The summed E-state index contributed by atoms with van der Waals surface area (Å²) in [6.45, 7) is 9.84. The van der Waals surface area contributed by atoms with Gasteiger partial charge in [-0.2, -0.15) is 0 Å². The van der Waals surface area contributed by atoms with Gasteiger partial charge in [-0.25, -0.2) is 0 Å². The first-order chi connectivity index (χ1) is 9.01. The van der Waals surface area contributed by atoms with Crippen molar-refractivity contribution in [2.75, 3.05) is 6.54 Å². The molecule has 1 aliphatic carbocycles. The summed E-state index contributed by atoms with van der Waals surface area (Å²) in [6, 6.07) is 0.0595. The second kappa shape index (κ2) is 5.82. The van der Waals surface area contributed by atoms with Gasteiger partial charge in [0.2, 0.25) is 5.91 Å². The molecule has 1 saturated heterocycles. The minimum Gasteiger partial charge on any atom is -0.325 e. The molecule has 1 N–H and O–H groups in total. The van der Waals surface area contributed by atoms with Gasteiger partial charge < -0.3 is 4.90 Å². The highest BCUT2D eigenvalue weighted by Crippen LogP contribution is 2.49. The fourth-order valence-corrected chi connectivity index (χ4v) is 3.25. The number of hydrogen-bond donors (Lipinski definition) is 1. The predicted molar refractivity (Wildman–Crippen MR) is 78.7 cm³/mol. The van der Waals surface area contributed by atoms with Crippen molar-refractivity contribution in [3.8, 4) is 0 Å². The van der Waals surface area contributed by atoms with Gasteiger partial charge in [0.1, 0.15) is 0 Å². The fraction of sp³-hybridized carbons (Fsp3) is 0.938. The second-order valence-corrected chi connectivity index (χ2v) is 6.97. The fourth-order valence-electron chi connectivity index (χ4n) is 3.25. The molecule has 0 spiro atoms. The zero-order valence-corrected chi connectivity index (χ0v) is 13.0. The average Bonchev–Trinajstić information content (AvgIpc) is 3.08. The van der Waals surface area contributed by atoms with E-state index in [1.807, 2.05) is 0 Å². The third-order valence-electron chi connectivity index (χ3n) is 4.83. The molecule has 3 heteroatoms. The van der Waals surface area contributed by atoms with Gasteiger partial charge in [-0.15, -0.1) is 0 Å². The third-order valence-corrected chi connectivity index (χ3v) is 4.83. The lowest BCUT2D eigenvalue weighted by atomic mass is 10.0. The Labute approximate surface area is 118 Å². The van der Waals surface area contributed by atoms with Crippen molar-refractivity contribution in [2.45, 2.75) is 78.4 Å². The molecular formula is C16H30N2O. The number of nitrogens with one attached hydrogen (secondary N) is 1. The standard InChI is InChI=1S/C16H30N2O/c1-5-7-14-17-13(10-12(3)4)15(19)18(14)11-16(6-2)8-9-16/h12-14,17H,5-11H2,1-4H3. The number of nitrogens with zero attached hydrogens (tertiary/aromatic N) is 1. The first-order valence-electron chi connectivity index (χ1n) is 8.08. The molecule has 0 aromatic carbocycles. The minimum absolute atomic E-state index is 0.0595. The van der Waals surface area contributed by atoms with Gasteiger partial charge in [0.25, 0.3) is 0 Å². The Morgan fingerprint density at radius 2 is 2.05 bits per heavy atom. The monoisotopic (exact) mass is 266 g/mol. The van der Waals surface area contributed by atoms with Gasteiger partial charge in [0.15, 0.2) is 0 Å². The predicted octanol–water partition coefficient (Wildman–Crippen LogP) is 3.15. The Kier molecular flexibility index (Phi) is 4.54. The van der Waals surface area contributed by atoms with Gasteiger partial charge in [-0.3, -0.25) is 10.1 Å². The minimum atomic E-state index is 0.0595. The SMILES string of the molecule is CCCC1NC(CC(C)C)C(=O)N1CC1(CC)CC1. The van der Waals surface area contributed by atoms with Crippen LogP contribution in [0, 0.1) is 11.3 Å². The molecule has 1 aliphatic heterocycles. The summed E-state index contributed by atoms with van der Waals surface area (Å²) in [5, 5.41) is 3.57. The van der Waals surface area contributed by atoms with Gasteiger partial charge in [-0.05, 0) is 43.4 Å². The molecule has 3 nitrogen and oxygen atoms in total. The molecule has 2 unspecified atom stereocenters. The number of carbonyl (C=O) groups excluding carboxylic acids is 1. The van der Waals surface area contributed by atoms with Crippen LogP contribution in [0.1, 0.15) is 66.2 Å². The van der Waals surface area contributed by atoms with E-state index in [1.54, 1.807) is 0 Å². The number of hydrogen-bond acceptors (Lipinski definition) is 2. The first kappa shape index (κ1) is 14.8. The summed E-state index contributed by atoms with van der Waals surface area (Å²) in [5.74, 6) is 0.927. The van der Waals surface area contributed by atoms with Crippen molar-refractivity contribution >= 4 is 5.91 Å². The van der Waals surface area contributed by atoms with E-state index in [-0.39, 0.29) is 12.2 Å². The molecule has 0 aromatic heterocycles. The van der Waals surface area contributed by atoms with Crippen LogP contribution in [0.2, 0.25) is 0 Å². The van der Waals surface area contributed by atoms with Crippen LogP contribution < -0.4 is 5.32 Å². The molecule has 1 saturated carbocycles. The Bertz CT molecular complexity index is 323. The van der Waals surface area contributed by atoms with E-state index < -0.39 is 0 Å². The summed E-state index contributed by atoms with van der Waals surface area (Å²) in [7, 11) is 0. The largest absolute Gasteiger partial charge is 0.325 e. The summed E-state index contributed by atoms with van der Waals surface area (Å²) < 4.78 is 0. The molecule has 1 amide bonds. The van der Waals surface area contributed by atoms with Crippen molar-refractivity contribution in [3.63, 3.8) is 0 Å². The van der Waals surface area contributed by atoms with Crippen LogP contribution in [0.4, 0.5) is 0 Å². The zero-order chi connectivity index (χ0) is 14.0. The Morgan fingerprint density at radius 3 is 2.53 bits per heavy atom. The quantitative estimate of drug-likeness (QED) is 0.767. The molecule has 2 rings (SSSR count). The third kappa shape index (κ3) is 3.31. The maximum absolute atomic E-state index is 12.6. The van der Waals surface area contributed by atoms with E-state index >= 15 is 0 Å². The molecule has 1 heterocycles. The molecule has 2 atom stereocenters. The molecule has 19 heavy (non-hydrogen) atoms. The summed E-state index contributed by atoms with van der Waals surface area (Å²) in [6.07, 6.45) is 7.29. The summed E-state index contributed by atoms with van der Waals surface area (Å²) in [5.41, 5.74) is 0.454. The molecule has 0 aromatic rings. The molecular weight excluding hydrogens is 236 g/mol. The number of carbonyl (C=O) groups is 1. The van der Waals surface area contributed by atoms with E-state index in [2.05, 4.69) is 37.9 Å². The van der Waals surface area contributed by atoms with E-state index in [0.717, 1.165) is 25.8 Å². The van der Waals surface area contributed by atoms with Crippen LogP contribution in [-0.2, 0) is 4.79 Å². The summed E-state index contributed by atoms with van der Waals surface area (Å²) >= 11 is 0. The number of rotatable bonds is 7. The molecule has 0 bridgehead atoms. The van der Waals surface area contributed by atoms with E-state index in [0.29, 0.717) is 17.2 Å². The lowest BCUT2D eigenvalue weighted by Crippen LogP contribution is -2.40. The van der Waals surface area contributed by atoms with Gasteiger partial charge in [-0.1, -0.05) is 34.1 Å². The molecule has 0 radical (unpaired) electrons. The summed E-state index contributed by atoms with van der Waals surface area (Å²) in [4.78, 5) is 14.8. The normalized spacial score (nSPS) is 29.3. The first-order valence-corrected chi connectivity index (χ1v) is 8.08. The van der Waals surface area contributed by atoms with Crippen LogP contribution >= 0.6 is 0 Å². The zero-order valence-electron chi connectivity index (χ0n) is 13.0. The maximum Gasteiger partial charge on any atom is 0.241 e. The highest BCUT2D eigenvalue weighted by atomic mass is 16.2. The van der Waals surface area contributed by atoms with Crippen molar-refractivity contribution in [1.82, 2.24) is 10.2 Å². The lowest BCUT2D eigenvalue weighted by molar-refractivity contribution is -0.131. The van der Waals surface area contributed by atoms with Crippen LogP contribution in [0.3, 0.4) is 0 Å². The molecule has 2 fully saturated rings.